The second kappa shape index (κ2) is 7.29. The third kappa shape index (κ3) is 3.20. The lowest BCUT2D eigenvalue weighted by Gasteiger charge is -2.20. The van der Waals surface area contributed by atoms with E-state index < -0.39 is 0 Å². The zero-order valence-electron chi connectivity index (χ0n) is 15.2. The van der Waals surface area contributed by atoms with E-state index in [4.69, 9.17) is 11.6 Å². The average Bonchev–Trinajstić information content (AvgIpc) is 3.15. The van der Waals surface area contributed by atoms with E-state index in [0.29, 0.717) is 16.6 Å². The van der Waals surface area contributed by atoms with Crippen molar-refractivity contribution in [2.24, 2.45) is 0 Å². The number of nitrogens with zero attached hydrogens (tertiary/aromatic N) is 2. The van der Waals surface area contributed by atoms with Gasteiger partial charge in [-0.1, -0.05) is 48.9 Å². The fraction of sp³-hybridized carbons (Fsp3) is 0.182. The molecule has 2 aromatic carbocycles. The number of thiophene rings is 1. The van der Waals surface area contributed by atoms with Gasteiger partial charge < -0.3 is 4.90 Å². The van der Waals surface area contributed by atoms with Crippen LogP contribution in [0.5, 0.6) is 0 Å². The number of hydrogen-bond acceptors (Lipinski definition) is 3. The molecule has 2 aromatic heterocycles. The Bertz CT molecular complexity index is 1130. The number of aromatic nitrogens is 1. The first kappa shape index (κ1) is 18.0. The van der Waals surface area contributed by atoms with Gasteiger partial charge in [0.1, 0.15) is 5.15 Å². The van der Waals surface area contributed by atoms with Gasteiger partial charge in [-0.05, 0) is 43.2 Å². The van der Waals surface area contributed by atoms with Crippen LogP contribution in [0.1, 0.15) is 29.1 Å². The summed E-state index contributed by atoms with van der Waals surface area (Å²) >= 11 is 7.87. The number of fused-ring (bicyclic) bond motifs is 3. The van der Waals surface area contributed by atoms with Crippen molar-refractivity contribution in [2.75, 3.05) is 11.4 Å². The lowest BCUT2D eigenvalue weighted by Crippen LogP contribution is -2.29. The number of hydrogen-bond donors (Lipinski definition) is 0. The van der Waals surface area contributed by atoms with E-state index >= 15 is 0 Å². The summed E-state index contributed by atoms with van der Waals surface area (Å²) in [6, 6.07) is 17.9. The quantitative estimate of drug-likeness (QED) is 0.379. The monoisotopic (exact) mass is 394 g/mol. The van der Waals surface area contributed by atoms with E-state index in [-0.39, 0.29) is 5.91 Å². The molecule has 0 radical (unpaired) electrons. The summed E-state index contributed by atoms with van der Waals surface area (Å²) in [5, 5.41) is 2.30. The number of para-hydroxylation sites is 1. The molecule has 0 spiro atoms. The first-order valence-electron chi connectivity index (χ1n) is 9.01. The number of carbonyl (C=O) groups excluding carboxylic acids is 1. The molecule has 1 amide bonds. The van der Waals surface area contributed by atoms with E-state index in [0.717, 1.165) is 33.1 Å². The Morgan fingerprint density at radius 2 is 1.81 bits per heavy atom. The zero-order chi connectivity index (χ0) is 19.0. The molecule has 27 heavy (non-hydrogen) atoms. The molecule has 0 saturated heterocycles. The van der Waals surface area contributed by atoms with Crippen LogP contribution in [0.3, 0.4) is 0 Å². The lowest BCUT2D eigenvalue weighted by atomic mass is 10.1. The average molecular weight is 395 g/mol. The molecular weight excluding hydrogens is 376 g/mol. The van der Waals surface area contributed by atoms with Crippen LogP contribution in [0.2, 0.25) is 5.15 Å². The zero-order valence-corrected chi connectivity index (χ0v) is 16.8. The summed E-state index contributed by atoms with van der Waals surface area (Å²) in [6.45, 7) is 4.71. The van der Waals surface area contributed by atoms with Crippen LogP contribution in [0.15, 0.2) is 54.6 Å². The minimum atomic E-state index is -0.0110. The second-order valence-corrected chi connectivity index (χ2v) is 7.75. The highest BCUT2D eigenvalue weighted by molar-refractivity contribution is 7.22. The Hall–Kier alpha value is -2.43. The third-order valence-corrected chi connectivity index (χ3v) is 6.19. The first-order valence-corrected chi connectivity index (χ1v) is 10.2. The number of halogens is 1. The van der Waals surface area contributed by atoms with Crippen molar-refractivity contribution in [3.8, 4) is 0 Å². The molecule has 0 unspecified atom stereocenters. The Kier molecular flexibility index (Phi) is 4.85. The van der Waals surface area contributed by atoms with Crippen LogP contribution in [-0.2, 0) is 6.42 Å². The van der Waals surface area contributed by atoms with Crippen molar-refractivity contribution in [3.63, 3.8) is 0 Å². The fourth-order valence-electron chi connectivity index (χ4n) is 3.27. The minimum Gasteiger partial charge on any atom is -0.308 e. The summed E-state index contributed by atoms with van der Waals surface area (Å²) in [4.78, 5) is 20.2. The summed E-state index contributed by atoms with van der Waals surface area (Å²) in [5.74, 6) is -0.0110. The maximum absolute atomic E-state index is 13.2. The number of pyridine rings is 1. The van der Waals surface area contributed by atoms with Crippen molar-refractivity contribution in [3.05, 3.63) is 70.2 Å². The van der Waals surface area contributed by atoms with Crippen molar-refractivity contribution in [1.29, 1.82) is 0 Å². The van der Waals surface area contributed by atoms with E-state index in [9.17, 15) is 4.79 Å². The highest BCUT2D eigenvalue weighted by atomic mass is 35.5. The minimum absolute atomic E-state index is 0.0110. The molecule has 2 heterocycles. The normalized spacial score (nSPS) is 11.2. The Balaban J connectivity index is 1.79. The molecule has 0 aliphatic carbocycles. The number of carbonyl (C=O) groups is 1. The standard InChI is InChI=1S/C22H19ClN2OS/c1-3-14-9-11-15(12-10-14)25(4-2)22(26)19-13-17-20(27-19)16-7-5-6-8-18(16)24-21(17)23/h5-13H,3-4H2,1-2H3. The van der Waals surface area contributed by atoms with Gasteiger partial charge in [-0.2, -0.15) is 0 Å². The van der Waals surface area contributed by atoms with Crippen LogP contribution in [0.25, 0.3) is 21.0 Å². The van der Waals surface area contributed by atoms with Gasteiger partial charge in [0.25, 0.3) is 5.91 Å². The Morgan fingerprint density at radius 3 is 2.52 bits per heavy atom. The van der Waals surface area contributed by atoms with Gasteiger partial charge in [-0.25, -0.2) is 4.98 Å². The predicted octanol–water partition coefficient (Wildman–Crippen LogP) is 6.33. The molecule has 5 heteroatoms. The summed E-state index contributed by atoms with van der Waals surface area (Å²) in [6.07, 6.45) is 0.981. The molecule has 0 atom stereocenters. The van der Waals surface area contributed by atoms with Crippen molar-refractivity contribution in [2.45, 2.75) is 20.3 Å². The number of anilines is 1. The highest BCUT2D eigenvalue weighted by Gasteiger charge is 2.20. The molecule has 0 bridgehead atoms. The molecule has 3 nitrogen and oxygen atoms in total. The topological polar surface area (TPSA) is 33.2 Å². The highest BCUT2D eigenvalue weighted by Crippen LogP contribution is 2.36. The van der Waals surface area contributed by atoms with Gasteiger partial charge in [-0.3, -0.25) is 4.79 Å². The maximum Gasteiger partial charge on any atom is 0.268 e. The molecule has 0 aliphatic rings. The number of aryl methyl sites for hydroxylation is 1. The van der Waals surface area contributed by atoms with E-state index in [1.807, 2.05) is 49.4 Å². The lowest BCUT2D eigenvalue weighted by molar-refractivity contribution is 0.0992. The molecule has 0 aliphatic heterocycles. The molecule has 136 valence electrons. The van der Waals surface area contributed by atoms with Gasteiger partial charge in [0.15, 0.2) is 0 Å². The van der Waals surface area contributed by atoms with Crippen molar-refractivity contribution in [1.82, 2.24) is 4.98 Å². The maximum atomic E-state index is 13.2. The Labute approximate surface area is 167 Å². The molecule has 0 fully saturated rings. The van der Waals surface area contributed by atoms with Gasteiger partial charge >= 0.3 is 0 Å². The number of amides is 1. The third-order valence-electron chi connectivity index (χ3n) is 4.75. The fourth-order valence-corrected chi connectivity index (χ4v) is 4.71. The van der Waals surface area contributed by atoms with Gasteiger partial charge in [-0.15, -0.1) is 11.3 Å². The smallest absolute Gasteiger partial charge is 0.268 e. The van der Waals surface area contributed by atoms with Gasteiger partial charge in [0.05, 0.1) is 10.4 Å². The second-order valence-electron chi connectivity index (χ2n) is 6.34. The summed E-state index contributed by atoms with van der Waals surface area (Å²) < 4.78 is 1.01. The van der Waals surface area contributed by atoms with Crippen LogP contribution >= 0.6 is 22.9 Å². The molecule has 0 N–H and O–H groups in total. The van der Waals surface area contributed by atoms with E-state index in [2.05, 4.69) is 24.0 Å². The predicted molar refractivity (Wildman–Crippen MR) is 115 cm³/mol. The largest absolute Gasteiger partial charge is 0.308 e. The first-order chi connectivity index (χ1) is 13.1. The van der Waals surface area contributed by atoms with Crippen LogP contribution < -0.4 is 4.90 Å². The van der Waals surface area contributed by atoms with Crippen molar-refractivity contribution < 1.29 is 4.79 Å². The number of rotatable bonds is 4. The Morgan fingerprint density at radius 1 is 1.07 bits per heavy atom. The van der Waals surface area contributed by atoms with Gasteiger partial charge in [0.2, 0.25) is 0 Å². The molecule has 0 saturated carbocycles. The van der Waals surface area contributed by atoms with E-state index in [1.54, 1.807) is 4.90 Å². The van der Waals surface area contributed by atoms with E-state index in [1.165, 1.54) is 16.9 Å². The van der Waals surface area contributed by atoms with Crippen molar-refractivity contribution >= 4 is 55.5 Å². The van der Waals surface area contributed by atoms with Crippen LogP contribution in [0.4, 0.5) is 5.69 Å². The van der Waals surface area contributed by atoms with Crippen LogP contribution in [-0.4, -0.2) is 17.4 Å². The summed E-state index contributed by atoms with van der Waals surface area (Å²) in [7, 11) is 0. The molecule has 4 aromatic rings. The number of benzene rings is 2. The van der Waals surface area contributed by atoms with Gasteiger partial charge in [0, 0.05) is 27.7 Å². The molecule has 4 rings (SSSR count). The van der Waals surface area contributed by atoms with Crippen LogP contribution in [0, 0.1) is 0 Å². The SMILES string of the molecule is CCc1ccc(N(CC)C(=O)c2cc3c(Cl)nc4ccccc4c3s2)cc1. The molecular formula is C22H19ClN2OS. The summed E-state index contributed by atoms with van der Waals surface area (Å²) in [5.41, 5.74) is 3.01.